The molecule has 2 aliphatic rings. The molecule has 0 spiro atoms. The largest absolute Gasteiger partial charge is 0.480 e. The molecule has 0 aromatic heterocycles. The Hall–Kier alpha value is -1.06. The number of carbonyl (C=O) groups is 2. The first-order chi connectivity index (χ1) is 6.68. The number of carboxylic acid groups (broad SMARTS) is 1. The van der Waals surface area contributed by atoms with E-state index in [1.807, 2.05) is 0 Å². The first-order valence-electron chi connectivity index (χ1n) is 5.18. The predicted octanol–water partition coefficient (Wildman–Crippen LogP) is 0.623. The van der Waals surface area contributed by atoms with Gasteiger partial charge in [0.1, 0.15) is 6.54 Å². The predicted molar refractivity (Wildman–Crippen MR) is 49.6 cm³/mol. The van der Waals surface area contributed by atoms with Crippen molar-refractivity contribution < 1.29 is 14.7 Å². The van der Waals surface area contributed by atoms with Gasteiger partial charge in [-0.2, -0.15) is 0 Å². The molecule has 2 rings (SSSR count). The van der Waals surface area contributed by atoms with Gasteiger partial charge in [0.15, 0.2) is 0 Å². The highest BCUT2D eigenvalue weighted by molar-refractivity contribution is 5.85. The molecule has 0 unspecified atom stereocenters. The van der Waals surface area contributed by atoms with Crippen LogP contribution in [0.3, 0.4) is 0 Å². The van der Waals surface area contributed by atoms with Gasteiger partial charge >= 0.3 is 5.97 Å². The minimum atomic E-state index is -0.973. The summed E-state index contributed by atoms with van der Waals surface area (Å²) in [6, 6.07) is 0. The Kier molecular flexibility index (Phi) is 2.44. The topological polar surface area (TPSA) is 66.4 Å². The first-order valence-corrected chi connectivity index (χ1v) is 5.18. The molecule has 78 valence electrons. The Labute approximate surface area is 82.7 Å². The van der Waals surface area contributed by atoms with Gasteiger partial charge in [-0.1, -0.05) is 19.3 Å². The molecule has 4 heteroatoms. The lowest BCUT2D eigenvalue weighted by atomic mass is 9.81. The SMILES string of the molecule is O=C(O)CNC(=O)[C@@H]1C[C@H]1C1CCC1. The number of hydrogen-bond acceptors (Lipinski definition) is 2. The molecule has 1 amide bonds. The van der Waals surface area contributed by atoms with Crippen LogP contribution in [-0.4, -0.2) is 23.5 Å². The van der Waals surface area contributed by atoms with E-state index in [1.165, 1.54) is 19.3 Å². The van der Waals surface area contributed by atoms with E-state index in [9.17, 15) is 9.59 Å². The third-order valence-corrected chi connectivity index (χ3v) is 3.35. The summed E-state index contributed by atoms with van der Waals surface area (Å²) in [7, 11) is 0. The summed E-state index contributed by atoms with van der Waals surface area (Å²) >= 11 is 0. The van der Waals surface area contributed by atoms with Gasteiger partial charge in [0.05, 0.1) is 0 Å². The van der Waals surface area contributed by atoms with Crippen LogP contribution in [0, 0.1) is 17.8 Å². The molecule has 14 heavy (non-hydrogen) atoms. The third kappa shape index (κ3) is 1.89. The molecule has 0 bridgehead atoms. The maximum absolute atomic E-state index is 11.4. The molecule has 4 nitrogen and oxygen atoms in total. The van der Waals surface area contributed by atoms with Crippen molar-refractivity contribution in [2.75, 3.05) is 6.54 Å². The van der Waals surface area contributed by atoms with E-state index in [0.717, 1.165) is 12.3 Å². The standard InChI is InChI=1S/C10H15NO3/c12-9(13)5-11-10(14)8-4-7(8)6-2-1-3-6/h6-8H,1-5H2,(H,11,14)(H,12,13)/t7-,8+/m0/s1. The maximum atomic E-state index is 11.4. The van der Waals surface area contributed by atoms with Crippen molar-refractivity contribution in [1.29, 1.82) is 0 Å². The van der Waals surface area contributed by atoms with Gasteiger partial charge in [-0.15, -0.1) is 0 Å². The second-order valence-corrected chi connectivity index (χ2v) is 4.31. The fourth-order valence-electron chi connectivity index (χ4n) is 2.20. The van der Waals surface area contributed by atoms with Crippen LogP contribution >= 0.6 is 0 Å². The molecule has 0 aromatic rings. The molecule has 0 radical (unpaired) electrons. The smallest absolute Gasteiger partial charge is 0.322 e. The van der Waals surface area contributed by atoms with Crippen molar-refractivity contribution >= 4 is 11.9 Å². The first kappa shape index (κ1) is 9.49. The van der Waals surface area contributed by atoms with Gasteiger partial charge in [-0.05, 0) is 18.3 Å². The van der Waals surface area contributed by atoms with Crippen LogP contribution in [0.4, 0.5) is 0 Å². The molecule has 2 atom stereocenters. The summed E-state index contributed by atoms with van der Waals surface area (Å²) in [5.41, 5.74) is 0. The molecular formula is C10H15NO3. The average Bonchev–Trinajstić information content (AvgIpc) is 2.77. The van der Waals surface area contributed by atoms with E-state index in [2.05, 4.69) is 5.32 Å². The zero-order valence-corrected chi connectivity index (χ0v) is 8.03. The van der Waals surface area contributed by atoms with E-state index >= 15 is 0 Å². The van der Waals surface area contributed by atoms with E-state index in [0.29, 0.717) is 5.92 Å². The molecular weight excluding hydrogens is 182 g/mol. The van der Waals surface area contributed by atoms with Crippen LogP contribution in [0.25, 0.3) is 0 Å². The van der Waals surface area contributed by atoms with Crippen LogP contribution in [0.1, 0.15) is 25.7 Å². The zero-order chi connectivity index (χ0) is 10.1. The number of carboxylic acids is 1. The molecule has 0 heterocycles. The summed E-state index contributed by atoms with van der Waals surface area (Å²) in [6.45, 7) is -0.243. The number of hydrogen-bond donors (Lipinski definition) is 2. The molecule has 2 fully saturated rings. The van der Waals surface area contributed by atoms with E-state index in [-0.39, 0.29) is 18.4 Å². The number of aliphatic carboxylic acids is 1. The summed E-state index contributed by atoms with van der Waals surface area (Å²) in [5.74, 6) is 0.372. The summed E-state index contributed by atoms with van der Waals surface area (Å²) in [5, 5.41) is 10.8. The van der Waals surface area contributed by atoms with Gasteiger partial charge in [0, 0.05) is 5.92 Å². The maximum Gasteiger partial charge on any atom is 0.322 e. The zero-order valence-electron chi connectivity index (χ0n) is 8.03. The Morgan fingerprint density at radius 2 is 2.07 bits per heavy atom. The van der Waals surface area contributed by atoms with Crippen molar-refractivity contribution in [3.05, 3.63) is 0 Å². The molecule has 2 N–H and O–H groups in total. The van der Waals surface area contributed by atoms with Gasteiger partial charge in [0.2, 0.25) is 5.91 Å². The van der Waals surface area contributed by atoms with Crippen molar-refractivity contribution in [1.82, 2.24) is 5.32 Å². The fourth-order valence-corrected chi connectivity index (χ4v) is 2.20. The van der Waals surface area contributed by atoms with Gasteiger partial charge in [-0.25, -0.2) is 0 Å². The lowest BCUT2D eigenvalue weighted by Gasteiger charge is -2.25. The number of carbonyl (C=O) groups excluding carboxylic acids is 1. The summed E-state index contributed by atoms with van der Waals surface area (Å²) in [6.07, 6.45) is 4.78. The lowest BCUT2D eigenvalue weighted by Crippen LogP contribution is -2.31. The average molecular weight is 197 g/mol. The highest BCUT2D eigenvalue weighted by Gasteiger charge is 2.48. The van der Waals surface area contributed by atoms with E-state index in [4.69, 9.17) is 5.11 Å². The molecule has 0 aromatic carbocycles. The van der Waals surface area contributed by atoms with Crippen LogP contribution in [0.2, 0.25) is 0 Å². The normalized spacial score (nSPS) is 30.6. The molecule has 2 saturated carbocycles. The Morgan fingerprint density at radius 3 is 2.57 bits per heavy atom. The monoisotopic (exact) mass is 197 g/mol. The van der Waals surface area contributed by atoms with Gasteiger partial charge in [0.25, 0.3) is 0 Å². The molecule has 2 aliphatic carbocycles. The van der Waals surface area contributed by atoms with Crippen molar-refractivity contribution in [3.8, 4) is 0 Å². The number of amides is 1. The highest BCUT2D eigenvalue weighted by Crippen LogP contribution is 2.51. The van der Waals surface area contributed by atoms with E-state index < -0.39 is 5.97 Å². The minimum Gasteiger partial charge on any atom is -0.480 e. The summed E-state index contributed by atoms with van der Waals surface area (Å²) < 4.78 is 0. The Morgan fingerprint density at radius 1 is 1.36 bits per heavy atom. The van der Waals surface area contributed by atoms with Crippen LogP contribution in [0.5, 0.6) is 0 Å². The van der Waals surface area contributed by atoms with E-state index in [1.54, 1.807) is 0 Å². The van der Waals surface area contributed by atoms with Crippen LogP contribution in [0.15, 0.2) is 0 Å². The lowest BCUT2D eigenvalue weighted by molar-refractivity contribution is -0.138. The number of rotatable bonds is 4. The quantitative estimate of drug-likeness (QED) is 0.694. The minimum absolute atomic E-state index is 0.0655. The van der Waals surface area contributed by atoms with Crippen LogP contribution < -0.4 is 5.32 Å². The Balaban J connectivity index is 1.70. The Bertz CT molecular complexity index is 260. The van der Waals surface area contributed by atoms with Crippen molar-refractivity contribution in [3.63, 3.8) is 0 Å². The van der Waals surface area contributed by atoms with Crippen LogP contribution in [-0.2, 0) is 9.59 Å². The molecule has 0 saturated heterocycles. The van der Waals surface area contributed by atoms with Crippen molar-refractivity contribution in [2.24, 2.45) is 17.8 Å². The molecule has 0 aliphatic heterocycles. The second kappa shape index (κ2) is 3.59. The second-order valence-electron chi connectivity index (χ2n) is 4.31. The van der Waals surface area contributed by atoms with Gasteiger partial charge in [-0.3, -0.25) is 9.59 Å². The van der Waals surface area contributed by atoms with Gasteiger partial charge < -0.3 is 10.4 Å². The third-order valence-electron chi connectivity index (χ3n) is 3.35. The van der Waals surface area contributed by atoms with Crippen molar-refractivity contribution in [2.45, 2.75) is 25.7 Å². The summed E-state index contributed by atoms with van der Waals surface area (Å²) in [4.78, 5) is 21.6. The fraction of sp³-hybridized carbons (Fsp3) is 0.800. The number of nitrogens with one attached hydrogen (secondary N) is 1. The highest BCUT2D eigenvalue weighted by atomic mass is 16.4.